The number of carboxylic acid groups (broad SMARTS) is 1. The van der Waals surface area contributed by atoms with Gasteiger partial charge in [-0.2, -0.15) is 0 Å². The van der Waals surface area contributed by atoms with Crippen LogP contribution in [0.5, 0.6) is 0 Å². The molecule has 2 heterocycles. The molecule has 20 heavy (non-hydrogen) atoms. The molecule has 110 valence electrons. The van der Waals surface area contributed by atoms with Crippen LogP contribution in [0.1, 0.15) is 33.6 Å². The molecule has 0 spiro atoms. The summed E-state index contributed by atoms with van der Waals surface area (Å²) < 4.78 is 1.54. The van der Waals surface area contributed by atoms with Crippen molar-refractivity contribution < 1.29 is 9.90 Å². The molecule has 1 unspecified atom stereocenters. The van der Waals surface area contributed by atoms with Gasteiger partial charge < -0.3 is 14.6 Å². The van der Waals surface area contributed by atoms with Gasteiger partial charge in [0.15, 0.2) is 5.82 Å². The fourth-order valence-electron chi connectivity index (χ4n) is 2.97. The number of rotatable bonds is 3. The van der Waals surface area contributed by atoms with Crippen molar-refractivity contribution in [2.24, 2.45) is 5.41 Å². The Balaban J connectivity index is 2.50. The Bertz CT molecular complexity index is 565. The van der Waals surface area contributed by atoms with E-state index in [-0.39, 0.29) is 16.8 Å². The van der Waals surface area contributed by atoms with E-state index in [9.17, 15) is 14.7 Å². The van der Waals surface area contributed by atoms with E-state index in [0.717, 1.165) is 12.8 Å². The first-order valence-electron chi connectivity index (χ1n) is 6.93. The van der Waals surface area contributed by atoms with E-state index in [2.05, 4.69) is 4.98 Å². The fourth-order valence-corrected chi connectivity index (χ4v) is 2.97. The van der Waals surface area contributed by atoms with Gasteiger partial charge in [0.05, 0.1) is 0 Å². The van der Waals surface area contributed by atoms with E-state index in [0.29, 0.717) is 13.1 Å². The minimum atomic E-state index is -0.900. The molecule has 0 radical (unpaired) electrons. The second kappa shape index (κ2) is 5.26. The van der Waals surface area contributed by atoms with Crippen LogP contribution in [-0.4, -0.2) is 33.2 Å². The third kappa shape index (κ3) is 2.42. The molecule has 1 saturated heterocycles. The number of aryl methyl sites for hydroxylation is 1. The smallest absolute Gasteiger partial charge is 0.326 e. The highest BCUT2D eigenvalue weighted by Crippen LogP contribution is 2.36. The van der Waals surface area contributed by atoms with Crippen molar-refractivity contribution in [1.29, 1.82) is 0 Å². The summed E-state index contributed by atoms with van der Waals surface area (Å²) in [5, 5.41) is 9.54. The first kappa shape index (κ1) is 14.6. The number of piperidine rings is 1. The van der Waals surface area contributed by atoms with Crippen molar-refractivity contribution in [1.82, 2.24) is 9.55 Å². The van der Waals surface area contributed by atoms with Crippen molar-refractivity contribution in [3.8, 4) is 0 Å². The van der Waals surface area contributed by atoms with Crippen LogP contribution in [-0.2, 0) is 11.3 Å². The van der Waals surface area contributed by atoms with Crippen LogP contribution in [0.4, 0.5) is 5.82 Å². The van der Waals surface area contributed by atoms with Gasteiger partial charge in [-0.1, -0.05) is 13.8 Å². The molecule has 6 heteroatoms. The molecular weight excluding hydrogens is 258 g/mol. The number of anilines is 1. The largest absolute Gasteiger partial charge is 0.480 e. The summed E-state index contributed by atoms with van der Waals surface area (Å²) in [6.45, 7) is 6.83. The molecule has 1 N–H and O–H groups in total. The van der Waals surface area contributed by atoms with Gasteiger partial charge in [0.1, 0.15) is 6.04 Å². The molecular formula is C14H21N3O3. The molecule has 6 nitrogen and oxygen atoms in total. The van der Waals surface area contributed by atoms with Crippen LogP contribution in [0.3, 0.4) is 0 Å². The van der Waals surface area contributed by atoms with Crippen LogP contribution < -0.4 is 10.5 Å². The predicted octanol–water partition coefficient (Wildman–Crippen LogP) is 1.34. The Morgan fingerprint density at radius 3 is 2.85 bits per heavy atom. The lowest BCUT2D eigenvalue weighted by atomic mass is 9.76. The molecule has 0 aromatic carbocycles. The van der Waals surface area contributed by atoms with E-state index < -0.39 is 12.0 Å². The molecule has 1 fully saturated rings. The zero-order valence-electron chi connectivity index (χ0n) is 12.2. The van der Waals surface area contributed by atoms with Crippen LogP contribution in [0.2, 0.25) is 0 Å². The minimum absolute atomic E-state index is 0.223. The standard InChI is InChI=1S/C14H21N3O3/c1-4-16-9-7-15-11(12(16)18)17-8-5-6-14(2,3)10(17)13(19)20/h7,9-10H,4-6,8H2,1-3H3,(H,19,20). The summed E-state index contributed by atoms with van der Waals surface area (Å²) in [6, 6.07) is -0.718. The van der Waals surface area contributed by atoms with Gasteiger partial charge in [0, 0.05) is 25.5 Å². The highest BCUT2D eigenvalue weighted by Gasteiger charge is 2.43. The topological polar surface area (TPSA) is 75.4 Å². The third-order valence-corrected chi connectivity index (χ3v) is 4.01. The van der Waals surface area contributed by atoms with E-state index >= 15 is 0 Å². The van der Waals surface area contributed by atoms with Crippen molar-refractivity contribution in [2.45, 2.75) is 46.2 Å². The average molecular weight is 279 g/mol. The van der Waals surface area contributed by atoms with Gasteiger partial charge in [0.25, 0.3) is 5.56 Å². The molecule has 0 bridgehead atoms. The zero-order chi connectivity index (χ0) is 14.9. The first-order valence-corrected chi connectivity index (χ1v) is 6.93. The molecule has 0 amide bonds. The number of hydrogen-bond donors (Lipinski definition) is 1. The second-order valence-corrected chi connectivity index (χ2v) is 5.87. The average Bonchev–Trinajstić information content (AvgIpc) is 2.37. The van der Waals surface area contributed by atoms with Gasteiger partial charge in [-0.05, 0) is 25.2 Å². The Morgan fingerprint density at radius 2 is 2.25 bits per heavy atom. The lowest BCUT2D eigenvalue weighted by molar-refractivity contribution is -0.142. The Kier molecular flexibility index (Phi) is 3.83. The highest BCUT2D eigenvalue weighted by molar-refractivity contribution is 5.79. The number of nitrogens with zero attached hydrogens (tertiary/aromatic N) is 3. The van der Waals surface area contributed by atoms with Crippen LogP contribution >= 0.6 is 0 Å². The molecule has 1 aromatic heterocycles. The van der Waals surface area contributed by atoms with E-state index in [1.807, 2.05) is 20.8 Å². The SMILES string of the molecule is CCn1ccnc(N2CCCC(C)(C)C2C(=O)O)c1=O. The Hall–Kier alpha value is -1.85. The molecule has 2 rings (SSSR count). The second-order valence-electron chi connectivity index (χ2n) is 5.87. The molecule has 1 aliphatic heterocycles. The summed E-state index contributed by atoms with van der Waals surface area (Å²) >= 11 is 0. The summed E-state index contributed by atoms with van der Waals surface area (Å²) in [5.41, 5.74) is -0.607. The molecule has 0 saturated carbocycles. The van der Waals surface area contributed by atoms with Gasteiger partial charge in [-0.15, -0.1) is 0 Å². The van der Waals surface area contributed by atoms with Crippen LogP contribution in [0.15, 0.2) is 17.2 Å². The number of aromatic nitrogens is 2. The lowest BCUT2D eigenvalue weighted by Gasteiger charge is -2.44. The number of hydrogen-bond acceptors (Lipinski definition) is 4. The molecule has 1 atom stereocenters. The monoisotopic (exact) mass is 279 g/mol. The predicted molar refractivity (Wildman–Crippen MR) is 76.0 cm³/mol. The van der Waals surface area contributed by atoms with Crippen molar-refractivity contribution in [2.75, 3.05) is 11.4 Å². The number of aliphatic carboxylic acids is 1. The van der Waals surface area contributed by atoms with E-state index in [1.54, 1.807) is 21.9 Å². The first-order chi connectivity index (χ1) is 9.38. The zero-order valence-corrected chi connectivity index (χ0v) is 12.2. The van der Waals surface area contributed by atoms with Crippen molar-refractivity contribution in [3.63, 3.8) is 0 Å². The lowest BCUT2D eigenvalue weighted by Crippen LogP contribution is -2.56. The van der Waals surface area contributed by atoms with Gasteiger partial charge in [0.2, 0.25) is 0 Å². The normalized spacial score (nSPS) is 21.8. The van der Waals surface area contributed by atoms with Crippen LogP contribution in [0.25, 0.3) is 0 Å². The quantitative estimate of drug-likeness (QED) is 0.903. The minimum Gasteiger partial charge on any atom is -0.480 e. The van der Waals surface area contributed by atoms with E-state index in [4.69, 9.17) is 0 Å². The van der Waals surface area contributed by atoms with Gasteiger partial charge >= 0.3 is 5.97 Å². The molecule has 1 aliphatic rings. The maximum atomic E-state index is 12.3. The Morgan fingerprint density at radius 1 is 1.55 bits per heavy atom. The van der Waals surface area contributed by atoms with Crippen molar-refractivity contribution >= 4 is 11.8 Å². The summed E-state index contributed by atoms with van der Waals surface area (Å²) in [6.07, 6.45) is 4.87. The summed E-state index contributed by atoms with van der Waals surface area (Å²) in [7, 11) is 0. The van der Waals surface area contributed by atoms with Crippen LogP contribution in [0, 0.1) is 5.41 Å². The number of carboxylic acids is 1. The van der Waals surface area contributed by atoms with Gasteiger partial charge in [-0.25, -0.2) is 9.78 Å². The van der Waals surface area contributed by atoms with Gasteiger partial charge in [-0.3, -0.25) is 4.79 Å². The van der Waals surface area contributed by atoms with E-state index in [1.165, 1.54) is 0 Å². The highest BCUT2D eigenvalue weighted by atomic mass is 16.4. The molecule has 1 aromatic rings. The van der Waals surface area contributed by atoms with Crippen molar-refractivity contribution in [3.05, 3.63) is 22.7 Å². The molecule has 0 aliphatic carbocycles. The fraction of sp³-hybridized carbons (Fsp3) is 0.643. The Labute approximate surface area is 118 Å². The summed E-state index contributed by atoms with van der Waals surface area (Å²) in [5.74, 6) is -0.655. The third-order valence-electron chi connectivity index (χ3n) is 4.01. The maximum Gasteiger partial charge on any atom is 0.326 e. The maximum absolute atomic E-state index is 12.3. The summed E-state index contributed by atoms with van der Waals surface area (Å²) in [4.78, 5) is 29.8. The number of carbonyl (C=O) groups is 1.